The number of sulfonamides is 1. The third kappa shape index (κ3) is 5.72. The number of amides is 2. The van der Waals surface area contributed by atoms with Crippen molar-refractivity contribution in [3.8, 4) is 11.8 Å². The minimum absolute atomic E-state index is 0.0286. The van der Waals surface area contributed by atoms with Crippen LogP contribution in [0.3, 0.4) is 0 Å². The number of nitrogens with one attached hydrogen (secondary N) is 1. The number of nitrogens with zero attached hydrogens (tertiary/aromatic N) is 4. The van der Waals surface area contributed by atoms with E-state index >= 15 is 0 Å². The average Bonchev–Trinajstić information content (AvgIpc) is 2.84. The second-order valence-corrected chi connectivity index (χ2v) is 10.0. The summed E-state index contributed by atoms with van der Waals surface area (Å²) < 4.78 is 31.7. The van der Waals surface area contributed by atoms with Gasteiger partial charge >= 0.3 is 0 Å². The Kier molecular flexibility index (Phi) is 7.88. The van der Waals surface area contributed by atoms with E-state index in [-0.39, 0.29) is 16.5 Å². The van der Waals surface area contributed by atoms with Crippen LogP contribution in [-0.4, -0.2) is 88.3 Å². The summed E-state index contributed by atoms with van der Waals surface area (Å²) in [7, 11) is 0.789. The van der Waals surface area contributed by atoms with Gasteiger partial charge in [0.2, 0.25) is 15.9 Å². The van der Waals surface area contributed by atoms with Crippen LogP contribution in [0.4, 0.5) is 5.69 Å². The minimum Gasteiger partial charge on any atom is -0.495 e. The Bertz CT molecular complexity index is 1200. The third-order valence-corrected chi connectivity index (χ3v) is 7.39. The fourth-order valence-corrected chi connectivity index (χ4v) is 4.62. The first-order valence-corrected chi connectivity index (χ1v) is 12.0. The van der Waals surface area contributed by atoms with Gasteiger partial charge < -0.3 is 19.9 Å². The van der Waals surface area contributed by atoms with E-state index in [2.05, 4.69) is 10.2 Å². The summed E-state index contributed by atoms with van der Waals surface area (Å²) in [5.41, 5.74) is 1.01. The molecule has 1 N–H and O–H groups in total. The summed E-state index contributed by atoms with van der Waals surface area (Å²) >= 11 is 0. The summed E-state index contributed by atoms with van der Waals surface area (Å²) in [6.45, 7) is 2.33. The van der Waals surface area contributed by atoms with Crippen LogP contribution in [0.1, 0.15) is 15.9 Å². The van der Waals surface area contributed by atoms with Gasteiger partial charge in [0.05, 0.1) is 35.9 Å². The van der Waals surface area contributed by atoms with E-state index < -0.39 is 22.5 Å². The van der Waals surface area contributed by atoms with E-state index in [1.807, 2.05) is 13.1 Å². The highest BCUT2D eigenvalue weighted by Gasteiger charge is 2.25. The van der Waals surface area contributed by atoms with Crippen LogP contribution in [0.25, 0.3) is 0 Å². The van der Waals surface area contributed by atoms with Gasteiger partial charge in [0.25, 0.3) is 5.91 Å². The van der Waals surface area contributed by atoms with E-state index in [4.69, 9.17) is 10.00 Å². The van der Waals surface area contributed by atoms with Gasteiger partial charge in [-0.2, -0.15) is 9.57 Å². The maximum absolute atomic E-state index is 12.9. The number of carbonyl (C=O) groups excluding carboxylic acids is 2. The second kappa shape index (κ2) is 10.6. The summed E-state index contributed by atoms with van der Waals surface area (Å²) in [6, 6.07) is 12.1. The molecule has 0 aromatic heterocycles. The molecule has 0 spiro atoms. The average molecular weight is 486 g/mol. The van der Waals surface area contributed by atoms with E-state index in [0.29, 0.717) is 30.0 Å². The number of hydrogen-bond acceptors (Lipinski definition) is 7. The number of nitriles is 1. The van der Waals surface area contributed by atoms with E-state index in [1.54, 1.807) is 17.0 Å². The quantitative estimate of drug-likeness (QED) is 0.625. The van der Waals surface area contributed by atoms with Gasteiger partial charge in [-0.3, -0.25) is 9.59 Å². The van der Waals surface area contributed by atoms with Crippen molar-refractivity contribution in [2.24, 2.45) is 0 Å². The monoisotopic (exact) mass is 485 g/mol. The molecule has 2 amide bonds. The lowest BCUT2D eigenvalue weighted by molar-refractivity contribution is -0.116. The van der Waals surface area contributed by atoms with Gasteiger partial charge in [-0.1, -0.05) is 0 Å². The van der Waals surface area contributed by atoms with Gasteiger partial charge in [0.15, 0.2) is 0 Å². The summed E-state index contributed by atoms with van der Waals surface area (Å²) in [5.74, 6) is -0.394. The van der Waals surface area contributed by atoms with Crippen molar-refractivity contribution in [2.75, 3.05) is 59.2 Å². The summed E-state index contributed by atoms with van der Waals surface area (Å²) in [6.07, 6.45) is 0. The molecule has 10 nitrogen and oxygen atoms in total. The molecule has 0 aliphatic carbocycles. The first-order chi connectivity index (χ1) is 16.1. The van der Waals surface area contributed by atoms with Crippen LogP contribution in [0.2, 0.25) is 0 Å². The van der Waals surface area contributed by atoms with Gasteiger partial charge in [0.1, 0.15) is 5.75 Å². The molecular weight excluding hydrogens is 458 g/mol. The Labute approximate surface area is 199 Å². The van der Waals surface area contributed by atoms with Gasteiger partial charge in [-0.15, -0.1) is 0 Å². The molecule has 180 valence electrons. The topological polar surface area (TPSA) is 123 Å². The summed E-state index contributed by atoms with van der Waals surface area (Å²) in [4.78, 5) is 29.4. The number of hydrogen-bond donors (Lipinski definition) is 1. The van der Waals surface area contributed by atoms with Crippen LogP contribution < -0.4 is 10.1 Å². The highest BCUT2D eigenvalue weighted by Crippen LogP contribution is 2.26. The Morgan fingerprint density at radius 1 is 1.12 bits per heavy atom. The Morgan fingerprint density at radius 2 is 1.76 bits per heavy atom. The zero-order valence-electron chi connectivity index (χ0n) is 19.3. The second-order valence-electron chi connectivity index (χ2n) is 7.96. The van der Waals surface area contributed by atoms with Crippen molar-refractivity contribution >= 4 is 27.5 Å². The fraction of sp³-hybridized carbons (Fsp3) is 0.348. The molecular formula is C23H27N5O5S. The van der Waals surface area contributed by atoms with Crippen molar-refractivity contribution in [1.82, 2.24) is 14.1 Å². The van der Waals surface area contributed by atoms with Crippen molar-refractivity contribution in [3.05, 3.63) is 53.6 Å². The Balaban J connectivity index is 1.72. The van der Waals surface area contributed by atoms with Gasteiger partial charge in [0, 0.05) is 38.8 Å². The first-order valence-electron chi connectivity index (χ1n) is 10.6. The highest BCUT2D eigenvalue weighted by molar-refractivity contribution is 7.89. The minimum atomic E-state index is -3.94. The smallest absolute Gasteiger partial charge is 0.254 e. The number of methoxy groups -OCH3 is 1. The van der Waals surface area contributed by atoms with Crippen molar-refractivity contribution in [1.29, 1.82) is 5.26 Å². The molecule has 0 bridgehead atoms. The molecule has 1 heterocycles. The maximum Gasteiger partial charge on any atom is 0.254 e. The van der Waals surface area contributed by atoms with Crippen molar-refractivity contribution in [2.45, 2.75) is 4.90 Å². The SMILES string of the molecule is COc1ccc(C(=O)N2CCN(C)CC2)cc1NC(=O)CN(C)S(=O)(=O)c1ccc(C#N)cc1. The maximum atomic E-state index is 12.9. The molecule has 0 atom stereocenters. The number of likely N-dealkylation sites (N-methyl/N-ethyl adjacent to an activating group) is 2. The van der Waals surface area contributed by atoms with Crippen LogP contribution in [0.5, 0.6) is 5.75 Å². The Hall–Kier alpha value is -3.46. The molecule has 0 radical (unpaired) electrons. The molecule has 2 aromatic carbocycles. The van der Waals surface area contributed by atoms with Crippen LogP contribution in [0.15, 0.2) is 47.4 Å². The van der Waals surface area contributed by atoms with E-state index in [1.165, 1.54) is 44.5 Å². The first kappa shape index (κ1) is 25.2. The molecule has 1 fully saturated rings. The van der Waals surface area contributed by atoms with Crippen LogP contribution >= 0.6 is 0 Å². The van der Waals surface area contributed by atoms with Gasteiger partial charge in [-0.25, -0.2) is 8.42 Å². The number of rotatable bonds is 7. The zero-order valence-corrected chi connectivity index (χ0v) is 20.1. The third-order valence-electron chi connectivity index (χ3n) is 5.57. The summed E-state index contributed by atoms with van der Waals surface area (Å²) in [5, 5.41) is 11.5. The molecule has 1 aliphatic rings. The molecule has 11 heteroatoms. The molecule has 1 aliphatic heterocycles. The Morgan fingerprint density at radius 3 is 2.35 bits per heavy atom. The van der Waals surface area contributed by atoms with Crippen molar-refractivity contribution < 1.29 is 22.7 Å². The van der Waals surface area contributed by atoms with E-state index in [0.717, 1.165) is 17.4 Å². The van der Waals surface area contributed by atoms with Crippen molar-refractivity contribution in [3.63, 3.8) is 0 Å². The number of piperazine rings is 1. The largest absolute Gasteiger partial charge is 0.495 e. The van der Waals surface area contributed by atoms with E-state index in [9.17, 15) is 18.0 Å². The standard InChI is InChI=1S/C23H27N5O5S/c1-26-10-12-28(13-11-26)23(30)18-6-9-21(33-3)20(14-18)25-22(29)16-27(2)34(31,32)19-7-4-17(15-24)5-8-19/h4-9,14H,10-13,16H2,1-3H3,(H,25,29). The number of ether oxygens (including phenoxy) is 1. The normalized spacial score (nSPS) is 14.5. The molecule has 1 saturated heterocycles. The molecule has 34 heavy (non-hydrogen) atoms. The molecule has 2 aromatic rings. The fourth-order valence-electron chi connectivity index (χ4n) is 3.49. The lowest BCUT2D eigenvalue weighted by atomic mass is 10.1. The molecule has 0 unspecified atom stereocenters. The molecule has 0 saturated carbocycles. The molecule has 3 rings (SSSR count). The number of benzene rings is 2. The lowest BCUT2D eigenvalue weighted by Crippen LogP contribution is -2.47. The lowest BCUT2D eigenvalue weighted by Gasteiger charge is -2.32. The van der Waals surface area contributed by atoms with Gasteiger partial charge in [-0.05, 0) is 49.5 Å². The highest BCUT2D eigenvalue weighted by atomic mass is 32.2. The van der Waals surface area contributed by atoms with Crippen LogP contribution in [0, 0.1) is 11.3 Å². The van der Waals surface area contributed by atoms with Crippen LogP contribution in [-0.2, 0) is 14.8 Å². The number of carbonyl (C=O) groups is 2. The zero-order chi connectivity index (χ0) is 24.9. The predicted octanol–water partition coefficient (Wildman–Crippen LogP) is 1.21. The number of anilines is 1. The predicted molar refractivity (Wildman–Crippen MR) is 126 cm³/mol.